The predicted molar refractivity (Wildman–Crippen MR) is 101 cm³/mol. The largest absolute Gasteiger partial charge is 0.289 e. The molecule has 0 heterocycles. The molecule has 0 aliphatic carbocycles. The van der Waals surface area contributed by atoms with Crippen LogP contribution < -0.4 is 0 Å². The van der Waals surface area contributed by atoms with Crippen molar-refractivity contribution in [3.05, 3.63) is 101 Å². The average Bonchev–Trinajstić information content (AvgIpc) is 2.62. The molecule has 1 heteroatoms. The average molecular weight is 312 g/mol. The van der Waals surface area contributed by atoms with E-state index in [-0.39, 0.29) is 5.78 Å². The second-order valence-corrected chi connectivity index (χ2v) is 6.00. The molecule has 3 rings (SSSR count). The van der Waals surface area contributed by atoms with Crippen LogP contribution in [0.1, 0.15) is 27.0 Å². The van der Waals surface area contributed by atoms with Crippen LogP contribution in [0.2, 0.25) is 0 Å². The summed E-state index contributed by atoms with van der Waals surface area (Å²) in [6.45, 7) is 4.13. The molecule has 0 aliphatic heterocycles. The third kappa shape index (κ3) is 3.69. The highest BCUT2D eigenvalue weighted by Gasteiger charge is 2.03. The molecule has 118 valence electrons. The Bertz CT molecular complexity index is 872. The molecule has 1 nitrogen and oxygen atoms in total. The molecule has 0 unspecified atom stereocenters. The molecule has 0 aromatic heterocycles. The number of rotatable bonds is 4. The van der Waals surface area contributed by atoms with Crippen molar-refractivity contribution in [1.82, 2.24) is 0 Å². The quantitative estimate of drug-likeness (QED) is 0.435. The van der Waals surface area contributed by atoms with Crippen molar-refractivity contribution in [2.24, 2.45) is 0 Å². The number of carbonyl (C=O) groups is 1. The second kappa shape index (κ2) is 7.10. The lowest BCUT2D eigenvalue weighted by Gasteiger charge is -2.03. The predicted octanol–water partition coefficient (Wildman–Crippen LogP) is 5.87. The lowest BCUT2D eigenvalue weighted by atomic mass is 10.0. The summed E-state index contributed by atoms with van der Waals surface area (Å²) < 4.78 is 0. The van der Waals surface area contributed by atoms with Gasteiger partial charge in [-0.1, -0.05) is 84.4 Å². The minimum absolute atomic E-state index is 0.0228. The second-order valence-electron chi connectivity index (χ2n) is 6.00. The molecule has 0 saturated carbocycles. The number of ketones is 1. The van der Waals surface area contributed by atoms with Gasteiger partial charge in [0.15, 0.2) is 5.78 Å². The standard InChI is InChI=1S/C23H20O/c1-17-8-9-19(18(2)16-17)14-15-23(24)22-12-10-21(11-13-22)20-6-4-3-5-7-20/h3-16H,1-2H3/b15-14+. The number of hydrogen-bond acceptors (Lipinski definition) is 1. The smallest absolute Gasteiger partial charge is 0.185 e. The Hall–Kier alpha value is -2.93. The highest BCUT2D eigenvalue weighted by molar-refractivity contribution is 6.07. The first-order valence-corrected chi connectivity index (χ1v) is 8.08. The molecule has 0 aliphatic rings. The minimum atomic E-state index is 0.0228. The third-order valence-corrected chi connectivity index (χ3v) is 4.12. The van der Waals surface area contributed by atoms with Crippen LogP contribution in [0, 0.1) is 13.8 Å². The van der Waals surface area contributed by atoms with Gasteiger partial charge in [0.05, 0.1) is 0 Å². The highest BCUT2D eigenvalue weighted by atomic mass is 16.1. The van der Waals surface area contributed by atoms with E-state index in [0.29, 0.717) is 5.56 Å². The van der Waals surface area contributed by atoms with Gasteiger partial charge in [0, 0.05) is 5.56 Å². The zero-order valence-corrected chi connectivity index (χ0v) is 14.0. The van der Waals surface area contributed by atoms with Crippen molar-refractivity contribution >= 4 is 11.9 Å². The fourth-order valence-electron chi connectivity index (χ4n) is 2.73. The van der Waals surface area contributed by atoms with Gasteiger partial charge in [-0.3, -0.25) is 4.79 Å². The van der Waals surface area contributed by atoms with Crippen molar-refractivity contribution in [1.29, 1.82) is 0 Å². The van der Waals surface area contributed by atoms with E-state index in [4.69, 9.17) is 0 Å². The van der Waals surface area contributed by atoms with Crippen LogP contribution in [0.15, 0.2) is 78.9 Å². The zero-order valence-electron chi connectivity index (χ0n) is 14.0. The zero-order chi connectivity index (χ0) is 16.9. The molecule has 0 saturated heterocycles. The first-order valence-electron chi connectivity index (χ1n) is 8.08. The van der Waals surface area contributed by atoms with Crippen molar-refractivity contribution in [2.45, 2.75) is 13.8 Å². The molecule has 0 N–H and O–H groups in total. The number of benzene rings is 3. The minimum Gasteiger partial charge on any atom is -0.289 e. The Balaban J connectivity index is 1.77. The molecule has 0 bridgehead atoms. The SMILES string of the molecule is Cc1ccc(/C=C/C(=O)c2ccc(-c3ccccc3)cc2)c(C)c1. The summed E-state index contributed by atoms with van der Waals surface area (Å²) in [6.07, 6.45) is 3.54. The van der Waals surface area contributed by atoms with Crippen molar-refractivity contribution in [3.8, 4) is 11.1 Å². The van der Waals surface area contributed by atoms with Crippen molar-refractivity contribution in [3.63, 3.8) is 0 Å². The molecular weight excluding hydrogens is 292 g/mol. The Kier molecular flexibility index (Phi) is 4.72. The number of allylic oxidation sites excluding steroid dienone is 1. The molecule has 0 atom stereocenters. The van der Waals surface area contributed by atoms with Gasteiger partial charge in [-0.25, -0.2) is 0 Å². The molecule has 3 aromatic rings. The van der Waals surface area contributed by atoms with Crippen LogP contribution in [-0.2, 0) is 0 Å². The van der Waals surface area contributed by atoms with Crippen LogP contribution in [0.3, 0.4) is 0 Å². The Morgan fingerprint density at radius 1 is 0.792 bits per heavy atom. The van der Waals surface area contributed by atoms with Crippen LogP contribution >= 0.6 is 0 Å². The maximum absolute atomic E-state index is 12.4. The molecule has 0 amide bonds. The van der Waals surface area contributed by atoms with Gasteiger partial charge < -0.3 is 0 Å². The van der Waals surface area contributed by atoms with Crippen LogP contribution in [0.4, 0.5) is 0 Å². The fourth-order valence-corrected chi connectivity index (χ4v) is 2.73. The van der Waals surface area contributed by atoms with Gasteiger partial charge in [0.25, 0.3) is 0 Å². The summed E-state index contributed by atoms with van der Waals surface area (Å²) in [5.74, 6) is 0.0228. The van der Waals surface area contributed by atoms with E-state index in [0.717, 1.165) is 16.7 Å². The first-order chi connectivity index (χ1) is 11.6. The van der Waals surface area contributed by atoms with Crippen molar-refractivity contribution < 1.29 is 4.79 Å². The number of aryl methyl sites for hydroxylation is 2. The summed E-state index contributed by atoms with van der Waals surface area (Å²) in [5, 5.41) is 0. The van der Waals surface area contributed by atoms with E-state index in [1.54, 1.807) is 6.08 Å². The summed E-state index contributed by atoms with van der Waals surface area (Å²) in [5.41, 5.74) is 6.46. The third-order valence-electron chi connectivity index (χ3n) is 4.12. The molecule has 0 spiro atoms. The lowest BCUT2D eigenvalue weighted by Crippen LogP contribution is -1.94. The maximum Gasteiger partial charge on any atom is 0.185 e. The number of carbonyl (C=O) groups excluding carboxylic acids is 1. The van der Waals surface area contributed by atoms with Crippen LogP contribution in [-0.4, -0.2) is 5.78 Å². The van der Waals surface area contributed by atoms with Gasteiger partial charge in [0.1, 0.15) is 0 Å². The lowest BCUT2D eigenvalue weighted by molar-refractivity contribution is 0.104. The van der Waals surface area contributed by atoms with E-state index in [1.807, 2.05) is 54.6 Å². The normalized spacial score (nSPS) is 10.9. The molecular formula is C23H20O. The molecule has 3 aromatic carbocycles. The van der Waals surface area contributed by atoms with E-state index in [9.17, 15) is 4.79 Å². The Morgan fingerprint density at radius 3 is 2.12 bits per heavy atom. The first kappa shape index (κ1) is 15.9. The van der Waals surface area contributed by atoms with Crippen LogP contribution in [0.25, 0.3) is 17.2 Å². The van der Waals surface area contributed by atoms with Gasteiger partial charge in [0.2, 0.25) is 0 Å². The van der Waals surface area contributed by atoms with Gasteiger partial charge in [-0.05, 0) is 42.2 Å². The summed E-state index contributed by atoms with van der Waals surface area (Å²) in [7, 11) is 0. The maximum atomic E-state index is 12.4. The van der Waals surface area contributed by atoms with E-state index in [2.05, 4.69) is 38.1 Å². The van der Waals surface area contributed by atoms with E-state index >= 15 is 0 Å². The van der Waals surface area contributed by atoms with Gasteiger partial charge in [-0.2, -0.15) is 0 Å². The van der Waals surface area contributed by atoms with Crippen molar-refractivity contribution in [2.75, 3.05) is 0 Å². The Labute approximate surface area is 143 Å². The topological polar surface area (TPSA) is 17.1 Å². The van der Waals surface area contributed by atoms with Gasteiger partial charge >= 0.3 is 0 Å². The summed E-state index contributed by atoms with van der Waals surface area (Å²) in [6, 6.07) is 24.2. The molecule has 24 heavy (non-hydrogen) atoms. The highest BCUT2D eigenvalue weighted by Crippen LogP contribution is 2.20. The fraction of sp³-hybridized carbons (Fsp3) is 0.0870. The summed E-state index contributed by atoms with van der Waals surface area (Å²) >= 11 is 0. The molecule has 0 fully saturated rings. The molecule has 0 radical (unpaired) electrons. The summed E-state index contributed by atoms with van der Waals surface area (Å²) in [4.78, 5) is 12.4. The Morgan fingerprint density at radius 2 is 1.46 bits per heavy atom. The van der Waals surface area contributed by atoms with Crippen LogP contribution in [0.5, 0.6) is 0 Å². The van der Waals surface area contributed by atoms with E-state index in [1.165, 1.54) is 11.1 Å². The van der Waals surface area contributed by atoms with E-state index < -0.39 is 0 Å². The van der Waals surface area contributed by atoms with Gasteiger partial charge in [-0.15, -0.1) is 0 Å². The monoisotopic (exact) mass is 312 g/mol. The number of hydrogen-bond donors (Lipinski definition) is 0.